The van der Waals surface area contributed by atoms with Crippen LogP contribution in [0.5, 0.6) is 5.75 Å². The first kappa shape index (κ1) is 17.3. The topological polar surface area (TPSA) is 78.9 Å². The van der Waals surface area contributed by atoms with Crippen LogP contribution in [0, 0.1) is 0 Å². The van der Waals surface area contributed by atoms with Crippen LogP contribution in [-0.4, -0.2) is 54.2 Å². The summed E-state index contributed by atoms with van der Waals surface area (Å²) in [7, 11) is 1.62. The summed E-state index contributed by atoms with van der Waals surface area (Å²) in [6, 6.07) is 7.63. The number of aliphatic hydroxyl groups is 1. The first-order valence-electron chi connectivity index (χ1n) is 7.84. The molecule has 0 spiro atoms. The predicted octanol–water partition coefficient (Wildman–Crippen LogP) is 0.727. The number of carbonyl (C=O) groups excluding carboxylic acids is 2. The highest BCUT2D eigenvalue weighted by Crippen LogP contribution is 2.21. The molecule has 2 amide bonds. The van der Waals surface area contributed by atoms with Crippen molar-refractivity contribution in [2.45, 2.75) is 31.8 Å². The van der Waals surface area contributed by atoms with E-state index in [-0.39, 0.29) is 12.5 Å². The average molecular weight is 320 g/mol. The molecule has 23 heavy (non-hydrogen) atoms. The minimum absolute atomic E-state index is 0.0662. The summed E-state index contributed by atoms with van der Waals surface area (Å²) in [4.78, 5) is 25.2. The summed E-state index contributed by atoms with van der Waals surface area (Å²) in [6.45, 7) is 2.55. The number of ether oxygens (including phenoxy) is 1. The largest absolute Gasteiger partial charge is 0.497 e. The number of piperidine rings is 1. The van der Waals surface area contributed by atoms with Crippen molar-refractivity contribution in [3.63, 3.8) is 0 Å². The normalized spacial score (nSPS) is 20.9. The lowest BCUT2D eigenvalue weighted by Gasteiger charge is -2.37. The van der Waals surface area contributed by atoms with Crippen LogP contribution >= 0.6 is 0 Å². The third kappa shape index (κ3) is 4.45. The van der Waals surface area contributed by atoms with E-state index in [1.54, 1.807) is 7.11 Å². The summed E-state index contributed by atoms with van der Waals surface area (Å²) < 4.78 is 5.10. The van der Waals surface area contributed by atoms with Gasteiger partial charge in [0.2, 0.25) is 5.91 Å². The molecule has 1 aliphatic rings. The van der Waals surface area contributed by atoms with E-state index in [0.717, 1.165) is 11.3 Å². The van der Waals surface area contributed by atoms with Crippen molar-refractivity contribution < 1.29 is 19.4 Å². The summed E-state index contributed by atoms with van der Waals surface area (Å²) in [5, 5.41) is 13.3. The van der Waals surface area contributed by atoms with Gasteiger partial charge in [0, 0.05) is 20.0 Å². The van der Waals surface area contributed by atoms with E-state index in [9.17, 15) is 14.7 Å². The van der Waals surface area contributed by atoms with Crippen LogP contribution in [0.3, 0.4) is 0 Å². The third-order valence-electron chi connectivity index (χ3n) is 4.20. The molecule has 0 bridgehead atoms. The molecule has 0 aliphatic carbocycles. The summed E-state index contributed by atoms with van der Waals surface area (Å²) in [6.07, 6.45) is 1.68. The van der Waals surface area contributed by atoms with Gasteiger partial charge >= 0.3 is 0 Å². The van der Waals surface area contributed by atoms with Crippen LogP contribution in [0.4, 0.5) is 0 Å². The maximum Gasteiger partial charge on any atom is 0.253 e. The van der Waals surface area contributed by atoms with Gasteiger partial charge in [-0.25, -0.2) is 0 Å². The highest BCUT2D eigenvalue weighted by atomic mass is 16.5. The Hall–Kier alpha value is -2.08. The Morgan fingerprint density at radius 1 is 1.35 bits per heavy atom. The number of likely N-dealkylation sites (tertiary alicyclic amines) is 1. The maximum absolute atomic E-state index is 12.3. The monoisotopic (exact) mass is 320 g/mol. The van der Waals surface area contributed by atoms with Gasteiger partial charge in [-0.05, 0) is 37.0 Å². The summed E-state index contributed by atoms with van der Waals surface area (Å²) >= 11 is 0. The fourth-order valence-electron chi connectivity index (χ4n) is 2.77. The van der Waals surface area contributed by atoms with Gasteiger partial charge in [-0.2, -0.15) is 0 Å². The fourth-order valence-corrected chi connectivity index (χ4v) is 2.77. The Kier molecular flexibility index (Phi) is 5.60. The van der Waals surface area contributed by atoms with Crippen LogP contribution < -0.4 is 10.1 Å². The molecule has 1 saturated heterocycles. The number of β-amino-alcohol motifs (C(OH)–C–C–N with tert-alkyl or cyclic N) is 1. The number of hydrogen-bond donors (Lipinski definition) is 2. The van der Waals surface area contributed by atoms with Crippen molar-refractivity contribution >= 4 is 11.8 Å². The minimum Gasteiger partial charge on any atom is -0.497 e. The number of amides is 2. The zero-order valence-electron chi connectivity index (χ0n) is 13.7. The molecule has 0 aromatic heterocycles. The second-order valence-electron chi connectivity index (χ2n) is 5.93. The van der Waals surface area contributed by atoms with Crippen molar-refractivity contribution in [3.8, 4) is 5.75 Å². The smallest absolute Gasteiger partial charge is 0.253 e. The van der Waals surface area contributed by atoms with E-state index >= 15 is 0 Å². The SMILES string of the molecule is COc1ccc(CCNC(=O)C2(O)CCCN(C(C)=O)C2)cc1. The number of methoxy groups -OCH3 is 1. The number of hydrogen-bond acceptors (Lipinski definition) is 4. The van der Waals surface area contributed by atoms with Crippen LogP contribution in [0.1, 0.15) is 25.3 Å². The number of benzene rings is 1. The van der Waals surface area contributed by atoms with Crippen molar-refractivity contribution in [1.82, 2.24) is 10.2 Å². The molecular formula is C17H24N2O4. The van der Waals surface area contributed by atoms with Crippen molar-refractivity contribution in [1.29, 1.82) is 0 Å². The van der Waals surface area contributed by atoms with Gasteiger partial charge in [-0.3, -0.25) is 9.59 Å². The molecule has 1 heterocycles. The standard InChI is InChI=1S/C17H24N2O4/c1-13(20)19-11-3-9-17(22,12-19)16(21)18-10-8-14-4-6-15(23-2)7-5-14/h4-7,22H,3,8-12H2,1-2H3,(H,18,21). The first-order valence-corrected chi connectivity index (χ1v) is 7.84. The molecule has 6 heteroatoms. The van der Waals surface area contributed by atoms with Gasteiger partial charge in [-0.15, -0.1) is 0 Å². The van der Waals surface area contributed by atoms with E-state index in [1.807, 2.05) is 24.3 Å². The molecule has 1 unspecified atom stereocenters. The lowest BCUT2D eigenvalue weighted by atomic mass is 9.91. The minimum atomic E-state index is -1.48. The molecule has 126 valence electrons. The third-order valence-corrected chi connectivity index (χ3v) is 4.20. The molecule has 1 fully saturated rings. The fraction of sp³-hybridized carbons (Fsp3) is 0.529. The molecule has 0 saturated carbocycles. The van der Waals surface area contributed by atoms with Crippen LogP contribution in [-0.2, 0) is 16.0 Å². The number of nitrogens with zero attached hydrogens (tertiary/aromatic N) is 1. The second-order valence-corrected chi connectivity index (χ2v) is 5.93. The van der Waals surface area contributed by atoms with Gasteiger partial charge in [0.1, 0.15) is 5.75 Å². The number of rotatable bonds is 5. The molecule has 2 N–H and O–H groups in total. The molecule has 1 aromatic rings. The molecule has 2 rings (SSSR count). The summed E-state index contributed by atoms with van der Waals surface area (Å²) in [5.74, 6) is 0.268. The predicted molar refractivity (Wildman–Crippen MR) is 86.1 cm³/mol. The average Bonchev–Trinajstić information content (AvgIpc) is 2.55. The van der Waals surface area contributed by atoms with Gasteiger partial charge in [0.05, 0.1) is 13.7 Å². The Morgan fingerprint density at radius 3 is 2.65 bits per heavy atom. The highest BCUT2D eigenvalue weighted by Gasteiger charge is 2.40. The summed E-state index contributed by atoms with van der Waals surface area (Å²) in [5.41, 5.74) is -0.406. The van der Waals surface area contributed by atoms with E-state index in [0.29, 0.717) is 32.4 Å². The lowest BCUT2D eigenvalue weighted by molar-refractivity contribution is -0.150. The van der Waals surface area contributed by atoms with Crippen molar-refractivity contribution in [3.05, 3.63) is 29.8 Å². The molecule has 1 aromatic carbocycles. The van der Waals surface area contributed by atoms with E-state index in [1.165, 1.54) is 11.8 Å². The Bertz CT molecular complexity index is 558. The van der Waals surface area contributed by atoms with E-state index in [4.69, 9.17) is 4.74 Å². The highest BCUT2D eigenvalue weighted by molar-refractivity contribution is 5.86. The Labute approximate surface area is 136 Å². The molecular weight excluding hydrogens is 296 g/mol. The Balaban J connectivity index is 1.84. The Morgan fingerprint density at radius 2 is 2.04 bits per heavy atom. The van der Waals surface area contributed by atoms with Gasteiger partial charge in [-0.1, -0.05) is 12.1 Å². The van der Waals surface area contributed by atoms with Crippen LogP contribution in [0.2, 0.25) is 0 Å². The van der Waals surface area contributed by atoms with Gasteiger partial charge in [0.15, 0.2) is 5.60 Å². The molecule has 1 aliphatic heterocycles. The van der Waals surface area contributed by atoms with Crippen molar-refractivity contribution in [2.24, 2.45) is 0 Å². The van der Waals surface area contributed by atoms with Gasteiger partial charge < -0.3 is 20.1 Å². The number of carbonyl (C=O) groups is 2. The maximum atomic E-state index is 12.3. The quantitative estimate of drug-likeness (QED) is 0.838. The zero-order chi connectivity index (χ0) is 16.9. The second kappa shape index (κ2) is 7.46. The molecule has 6 nitrogen and oxygen atoms in total. The number of nitrogens with one attached hydrogen (secondary N) is 1. The zero-order valence-corrected chi connectivity index (χ0v) is 13.7. The van der Waals surface area contributed by atoms with Crippen LogP contribution in [0.15, 0.2) is 24.3 Å². The van der Waals surface area contributed by atoms with Crippen molar-refractivity contribution in [2.75, 3.05) is 26.7 Å². The lowest BCUT2D eigenvalue weighted by Crippen LogP contribution is -2.58. The van der Waals surface area contributed by atoms with Gasteiger partial charge in [0.25, 0.3) is 5.91 Å². The van der Waals surface area contributed by atoms with Crippen LogP contribution in [0.25, 0.3) is 0 Å². The first-order chi connectivity index (χ1) is 10.9. The molecule has 0 radical (unpaired) electrons. The van der Waals surface area contributed by atoms with E-state index < -0.39 is 11.5 Å². The molecule has 1 atom stereocenters. The van der Waals surface area contributed by atoms with E-state index in [2.05, 4.69) is 5.32 Å².